The molecule has 0 saturated heterocycles. The summed E-state index contributed by atoms with van der Waals surface area (Å²) >= 11 is 0. The molecule has 0 amide bonds. The number of para-hydroxylation sites is 3. The lowest BCUT2D eigenvalue weighted by atomic mass is 9.82. The Morgan fingerprint density at radius 3 is 1.81 bits per heavy atom. The molecular formula is C52H37N3O2. The normalized spacial score (nSPS) is 12.9. The molecule has 8 aromatic carbocycles. The number of oxazole rings is 1. The van der Waals surface area contributed by atoms with Crippen LogP contribution in [-0.2, 0) is 5.41 Å². The summed E-state index contributed by atoms with van der Waals surface area (Å²) in [6.07, 6.45) is 0. The average Bonchev–Trinajstić information content (AvgIpc) is 3.93. The molecule has 0 aliphatic heterocycles. The van der Waals surface area contributed by atoms with Gasteiger partial charge in [0.2, 0.25) is 5.89 Å². The molecule has 1 aliphatic rings. The predicted molar refractivity (Wildman–Crippen MR) is 234 cm³/mol. The van der Waals surface area contributed by atoms with E-state index in [1.54, 1.807) is 0 Å². The Morgan fingerprint density at radius 1 is 0.421 bits per heavy atom. The van der Waals surface area contributed by atoms with Gasteiger partial charge in [-0.05, 0) is 95.1 Å². The highest BCUT2D eigenvalue weighted by Crippen LogP contribution is 2.52. The van der Waals surface area contributed by atoms with Gasteiger partial charge in [0.25, 0.3) is 0 Å². The second-order valence-electron chi connectivity index (χ2n) is 15.2. The third-order valence-electron chi connectivity index (χ3n) is 11.5. The summed E-state index contributed by atoms with van der Waals surface area (Å²) in [5, 5.41) is 2.18. The maximum absolute atomic E-state index is 6.76. The van der Waals surface area contributed by atoms with Gasteiger partial charge in [-0.1, -0.05) is 117 Å². The molecular weight excluding hydrogens is 699 g/mol. The predicted octanol–water partition coefficient (Wildman–Crippen LogP) is 14.6. The zero-order valence-electron chi connectivity index (χ0n) is 31.6. The molecule has 5 heteroatoms. The van der Waals surface area contributed by atoms with Gasteiger partial charge < -0.3 is 18.6 Å². The highest BCUT2D eigenvalue weighted by Gasteiger charge is 2.36. The molecule has 0 radical (unpaired) electrons. The zero-order chi connectivity index (χ0) is 38.1. The van der Waals surface area contributed by atoms with Crippen LogP contribution in [0.3, 0.4) is 0 Å². The number of anilines is 6. The van der Waals surface area contributed by atoms with Crippen LogP contribution >= 0.6 is 0 Å². The summed E-state index contributed by atoms with van der Waals surface area (Å²) in [6.45, 7) is 4.65. The molecule has 0 atom stereocenters. The number of benzene rings is 8. The van der Waals surface area contributed by atoms with Gasteiger partial charge in [-0.3, -0.25) is 0 Å². The van der Waals surface area contributed by atoms with Crippen molar-refractivity contribution in [3.63, 3.8) is 0 Å². The Balaban J connectivity index is 1.17. The Bertz CT molecular complexity index is 3110. The van der Waals surface area contributed by atoms with Crippen molar-refractivity contribution in [3.8, 4) is 22.6 Å². The molecule has 11 rings (SSSR count). The summed E-state index contributed by atoms with van der Waals surface area (Å²) in [5.74, 6) is 0.567. The van der Waals surface area contributed by atoms with Crippen molar-refractivity contribution < 1.29 is 8.83 Å². The summed E-state index contributed by atoms with van der Waals surface area (Å²) in [4.78, 5) is 9.85. The van der Waals surface area contributed by atoms with E-state index in [9.17, 15) is 0 Å². The Kier molecular flexibility index (Phi) is 7.45. The number of aromatic nitrogens is 1. The SMILES string of the molecule is CC1(C)c2ccccc2-c2ccc(N(c3ccccc3)c3cc(N(c4ccccc4)c4ccc5c(c4)oc4ccccc45)cc4oc(-c5ccccc5)nc34)cc21. The van der Waals surface area contributed by atoms with Crippen molar-refractivity contribution in [2.45, 2.75) is 19.3 Å². The lowest BCUT2D eigenvalue weighted by molar-refractivity contribution is 0.620. The van der Waals surface area contributed by atoms with E-state index in [1.165, 1.54) is 22.3 Å². The second-order valence-corrected chi connectivity index (χ2v) is 15.2. The van der Waals surface area contributed by atoms with Crippen LogP contribution in [0.5, 0.6) is 0 Å². The third-order valence-corrected chi connectivity index (χ3v) is 11.5. The lowest BCUT2D eigenvalue weighted by Gasteiger charge is -2.30. The van der Waals surface area contributed by atoms with E-state index >= 15 is 0 Å². The van der Waals surface area contributed by atoms with Gasteiger partial charge in [0, 0.05) is 56.6 Å². The smallest absolute Gasteiger partial charge is 0.227 e. The molecule has 2 heterocycles. The van der Waals surface area contributed by atoms with Crippen molar-refractivity contribution >= 4 is 67.2 Å². The summed E-state index contributed by atoms with van der Waals surface area (Å²) in [6, 6.07) is 65.9. The van der Waals surface area contributed by atoms with Gasteiger partial charge in [-0.2, -0.15) is 0 Å². The fraction of sp³-hybridized carbons (Fsp3) is 0.0577. The Hall–Kier alpha value is -7.37. The minimum absolute atomic E-state index is 0.171. The molecule has 0 unspecified atom stereocenters. The largest absolute Gasteiger partial charge is 0.456 e. The molecule has 0 N–H and O–H groups in total. The molecule has 5 nitrogen and oxygen atoms in total. The zero-order valence-corrected chi connectivity index (χ0v) is 31.6. The van der Waals surface area contributed by atoms with Gasteiger partial charge in [0.15, 0.2) is 5.58 Å². The van der Waals surface area contributed by atoms with Crippen molar-refractivity contribution in [2.75, 3.05) is 9.80 Å². The first-order valence-corrected chi connectivity index (χ1v) is 19.4. The standard InChI is InChI=1S/C52H37N3O2/c1-52(2)44-24-14-12-22-40(44)41-28-26-37(30-45(41)52)55(36-20-10-5-11-21-36)46-31-39(33-49-50(46)53-51(57-49)34-16-6-3-7-17-34)54(35-18-8-4-9-19-35)38-27-29-43-42-23-13-15-25-47(42)56-48(43)32-38/h3-33H,1-2H3. The minimum Gasteiger partial charge on any atom is -0.456 e. The van der Waals surface area contributed by atoms with Crippen LogP contribution < -0.4 is 9.80 Å². The van der Waals surface area contributed by atoms with Crippen LogP contribution in [0.2, 0.25) is 0 Å². The van der Waals surface area contributed by atoms with Crippen LogP contribution in [0.25, 0.3) is 55.6 Å². The van der Waals surface area contributed by atoms with Crippen LogP contribution in [0.4, 0.5) is 34.1 Å². The maximum Gasteiger partial charge on any atom is 0.227 e. The summed E-state index contributed by atoms with van der Waals surface area (Å²) in [5.41, 5.74) is 14.9. The van der Waals surface area contributed by atoms with E-state index in [2.05, 4.69) is 163 Å². The Morgan fingerprint density at radius 2 is 1.02 bits per heavy atom. The summed E-state index contributed by atoms with van der Waals surface area (Å²) < 4.78 is 13.2. The molecule has 0 bridgehead atoms. The topological polar surface area (TPSA) is 45.7 Å². The van der Waals surface area contributed by atoms with Gasteiger partial charge in [-0.15, -0.1) is 0 Å². The molecule has 0 spiro atoms. The van der Waals surface area contributed by atoms with Gasteiger partial charge in [-0.25, -0.2) is 4.98 Å². The monoisotopic (exact) mass is 735 g/mol. The van der Waals surface area contributed by atoms with E-state index in [1.807, 2.05) is 48.5 Å². The lowest BCUT2D eigenvalue weighted by Crippen LogP contribution is -2.17. The van der Waals surface area contributed by atoms with Crippen molar-refractivity contribution in [2.24, 2.45) is 0 Å². The fourth-order valence-electron chi connectivity index (χ4n) is 8.72. The van der Waals surface area contributed by atoms with Crippen LogP contribution in [0.1, 0.15) is 25.0 Å². The average molecular weight is 736 g/mol. The minimum atomic E-state index is -0.171. The molecule has 10 aromatic rings. The molecule has 57 heavy (non-hydrogen) atoms. The summed E-state index contributed by atoms with van der Waals surface area (Å²) in [7, 11) is 0. The highest BCUT2D eigenvalue weighted by molar-refractivity contribution is 6.06. The molecule has 2 aromatic heterocycles. The van der Waals surface area contributed by atoms with Gasteiger partial charge in [0.1, 0.15) is 16.7 Å². The number of hydrogen-bond donors (Lipinski definition) is 0. The van der Waals surface area contributed by atoms with Crippen molar-refractivity contribution in [1.82, 2.24) is 4.98 Å². The van der Waals surface area contributed by atoms with E-state index < -0.39 is 0 Å². The number of hydrogen-bond acceptors (Lipinski definition) is 5. The first-order valence-electron chi connectivity index (χ1n) is 19.4. The van der Waals surface area contributed by atoms with Crippen molar-refractivity contribution in [3.05, 3.63) is 199 Å². The van der Waals surface area contributed by atoms with Gasteiger partial charge >= 0.3 is 0 Å². The second kappa shape index (κ2) is 12.9. The molecule has 0 saturated carbocycles. The molecule has 272 valence electrons. The molecule has 0 fully saturated rings. The molecule has 1 aliphatic carbocycles. The first-order chi connectivity index (χ1) is 28.0. The van der Waals surface area contributed by atoms with E-state index in [4.69, 9.17) is 13.8 Å². The van der Waals surface area contributed by atoms with Gasteiger partial charge in [0.05, 0.1) is 11.4 Å². The number of rotatable bonds is 7. The third kappa shape index (κ3) is 5.35. The van der Waals surface area contributed by atoms with E-state index in [-0.39, 0.29) is 5.41 Å². The van der Waals surface area contributed by atoms with Crippen LogP contribution in [-0.4, -0.2) is 4.98 Å². The first kappa shape index (κ1) is 33.0. The highest BCUT2D eigenvalue weighted by atomic mass is 16.3. The number of fused-ring (bicyclic) bond motifs is 7. The van der Waals surface area contributed by atoms with Crippen LogP contribution in [0.15, 0.2) is 197 Å². The van der Waals surface area contributed by atoms with Crippen molar-refractivity contribution in [1.29, 1.82) is 0 Å². The van der Waals surface area contributed by atoms with E-state index in [0.29, 0.717) is 11.5 Å². The van der Waals surface area contributed by atoms with Crippen LogP contribution in [0, 0.1) is 0 Å². The quantitative estimate of drug-likeness (QED) is 0.163. The fourth-order valence-corrected chi connectivity index (χ4v) is 8.72. The number of furan rings is 1. The Labute approximate surface area is 330 Å². The van der Waals surface area contributed by atoms with E-state index in [0.717, 1.165) is 67.1 Å². The maximum atomic E-state index is 6.76. The number of nitrogens with zero attached hydrogens (tertiary/aromatic N) is 3.